The molecule has 1 N–H and O–H groups in total. The van der Waals surface area contributed by atoms with Gasteiger partial charge in [-0.05, 0) is 37.6 Å². The Bertz CT molecular complexity index is 877. The van der Waals surface area contributed by atoms with Crippen molar-refractivity contribution in [1.29, 1.82) is 0 Å². The Morgan fingerprint density at radius 1 is 1.19 bits per heavy atom. The molecule has 0 aliphatic carbocycles. The molecule has 1 saturated heterocycles. The van der Waals surface area contributed by atoms with E-state index in [2.05, 4.69) is 12.2 Å². The number of carbonyl (C=O) groups excluding carboxylic acids is 2. The van der Waals surface area contributed by atoms with Crippen LogP contribution in [0.25, 0.3) is 0 Å². The maximum absolute atomic E-state index is 12.8. The van der Waals surface area contributed by atoms with E-state index in [1.54, 1.807) is 11.0 Å². The second-order valence-electron chi connectivity index (χ2n) is 6.99. The lowest BCUT2D eigenvalue weighted by Crippen LogP contribution is -2.23. The number of ether oxygens (including phenoxy) is 1. The fourth-order valence-electron chi connectivity index (χ4n) is 3.64. The molecule has 2 atom stereocenters. The summed E-state index contributed by atoms with van der Waals surface area (Å²) >= 11 is 0. The number of amides is 2. The van der Waals surface area contributed by atoms with E-state index in [1.165, 1.54) is 0 Å². The van der Waals surface area contributed by atoms with Gasteiger partial charge in [0.05, 0.1) is 5.56 Å². The van der Waals surface area contributed by atoms with Crippen LogP contribution in [0.3, 0.4) is 0 Å². The van der Waals surface area contributed by atoms with Gasteiger partial charge in [0.15, 0.2) is 0 Å². The van der Waals surface area contributed by atoms with Crippen LogP contribution in [-0.4, -0.2) is 24.5 Å². The molecule has 2 heterocycles. The maximum Gasteiger partial charge on any atom is 0.259 e. The van der Waals surface area contributed by atoms with Gasteiger partial charge >= 0.3 is 0 Å². The van der Waals surface area contributed by atoms with Crippen LogP contribution < -0.4 is 15.0 Å². The van der Waals surface area contributed by atoms with E-state index >= 15 is 0 Å². The van der Waals surface area contributed by atoms with Gasteiger partial charge in [-0.2, -0.15) is 0 Å². The Balaban J connectivity index is 1.58. The molecule has 2 aromatic rings. The molecule has 5 nitrogen and oxygen atoms in total. The average Bonchev–Trinajstić information content (AvgIpc) is 3.19. The number of para-hydroxylation sites is 1. The van der Waals surface area contributed by atoms with Gasteiger partial charge in [-0.1, -0.05) is 25.1 Å². The molecule has 1 fully saturated rings. The topological polar surface area (TPSA) is 58.6 Å². The van der Waals surface area contributed by atoms with E-state index in [1.807, 2.05) is 43.3 Å². The Labute approximate surface area is 153 Å². The standard InChI is InChI=1S/C21H22N2O3/c1-13-14(2)26-20-17(13)8-4-9-18(20)21(25)22-15-6-3-7-16(12-15)23-11-5-10-19(23)24/h3-4,6-9,12-14H,5,10-11H2,1-2H3,(H,22,25). The average molecular weight is 350 g/mol. The number of rotatable bonds is 3. The quantitative estimate of drug-likeness (QED) is 0.912. The van der Waals surface area contributed by atoms with Gasteiger partial charge < -0.3 is 15.0 Å². The van der Waals surface area contributed by atoms with Crippen LogP contribution in [0.15, 0.2) is 42.5 Å². The van der Waals surface area contributed by atoms with Gasteiger partial charge in [0, 0.05) is 35.8 Å². The SMILES string of the molecule is CC1Oc2c(C(=O)Nc3cccc(N4CCCC4=O)c3)cccc2C1C. The van der Waals surface area contributed by atoms with Crippen molar-refractivity contribution in [3.05, 3.63) is 53.6 Å². The monoisotopic (exact) mass is 350 g/mol. The van der Waals surface area contributed by atoms with Gasteiger partial charge in [0.2, 0.25) is 5.91 Å². The van der Waals surface area contributed by atoms with Gasteiger partial charge in [-0.3, -0.25) is 9.59 Å². The maximum atomic E-state index is 12.8. The van der Waals surface area contributed by atoms with Crippen molar-refractivity contribution in [3.8, 4) is 5.75 Å². The zero-order chi connectivity index (χ0) is 18.3. The molecule has 2 amide bonds. The number of nitrogens with zero attached hydrogens (tertiary/aromatic N) is 1. The number of fused-ring (bicyclic) bond motifs is 1. The van der Waals surface area contributed by atoms with Gasteiger partial charge in [0.1, 0.15) is 11.9 Å². The highest BCUT2D eigenvalue weighted by Gasteiger charge is 2.31. The molecule has 0 saturated carbocycles. The van der Waals surface area contributed by atoms with Crippen LogP contribution in [0.4, 0.5) is 11.4 Å². The minimum atomic E-state index is -0.201. The summed E-state index contributed by atoms with van der Waals surface area (Å²) < 4.78 is 5.91. The lowest BCUT2D eigenvalue weighted by molar-refractivity contribution is -0.117. The van der Waals surface area contributed by atoms with Crippen LogP contribution in [0.5, 0.6) is 5.75 Å². The summed E-state index contributed by atoms with van der Waals surface area (Å²) in [6, 6.07) is 13.1. The van der Waals surface area contributed by atoms with Crippen LogP contribution in [0, 0.1) is 0 Å². The van der Waals surface area contributed by atoms with Crippen LogP contribution >= 0.6 is 0 Å². The first-order valence-electron chi connectivity index (χ1n) is 9.06. The zero-order valence-electron chi connectivity index (χ0n) is 15.0. The Hall–Kier alpha value is -2.82. The van der Waals surface area contributed by atoms with Crippen molar-refractivity contribution in [1.82, 2.24) is 0 Å². The molecule has 0 spiro atoms. The molecule has 2 aliphatic rings. The molecule has 2 aliphatic heterocycles. The van der Waals surface area contributed by atoms with Crippen LogP contribution in [0.1, 0.15) is 48.5 Å². The first kappa shape index (κ1) is 16.6. The first-order valence-corrected chi connectivity index (χ1v) is 9.06. The molecule has 0 bridgehead atoms. The second-order valence-corrected chi connectivity index (χ2v) is 6.99. The summed E-state index contributed by atoms with van der Waals surface area (Å²) in [7, 11) is 0. The fourth-order valence-corrected chi connectivity index (χ4v) is 3.64. The molecular weight excluding hydrogens is 328 g/mol. The highest BCUT2D eigenvalue weighted by atomic mass is 16.5. The summed E-state index contributed by atoms with van der Waals surface area (Å²) in [4.78, 5) is 26.5. The van der Waals surface area contributed by atoms with E-state index in [0.29, 0.717) is 23.4 Å². The van der Waals surface area contributed by atoms with Crippen molar-refractivity contribution in [2.75, 3.05) is 16.8 Å². The second kappa shape index (κ2) is 6.48. The minimum Gasteiger partial charge on any atom is -0.489 e. The highest BCUT2D eigenvalue weighted by molar-refractivity contribution is 6.07. The van der Waals surface area contributed by atoms with E-state index in [0.717, 1.165) is 24.2 Å². The van der Waals surface area contributed by atoms with Crippen LogP contribution in [0.2, 0.25) is 0 Å². The van der Waals surface area contributed by atoms with Crippen molar-refractivity contribution in [2.24, 2.45) is 0 Å². The largest absolute Gasteiger partial charge is 0.489 e. The van der Waals surface area contributed by atoms with Gasteiger partial charge in [-0.15, -0.1) is 0 Å². The lowest BCUT2D eigenvalue weighted by Gasteiger charge is -2.17. The highest BCUT2D eigenvalue weighted by Crippen LogP contribution is 2.40. The lowest BCUT2D eigenvalue weighted by atomic mass is 9.97. The molecule has 134 valence electrons. The molecule has 2 unspecified atom stereocenters. The number of nitrogens with one attached hydrogen (secondary N) is 1. The van der Waals surface area contributed by atoms with Crippen molar-refractivity contribution in [2.45, 2.75) is 38.7 Å². The smallest absolute Gasteiger partial charge is 0.259 e. The predicted molar refractivity (Wildman–Crippen MR) is 101 cm³/mol. The Kier molecular flexibility index (Phi) is 4.15. The van der Waals surface area contributed by atoms with Gasteiger partial charge in [0.25, 0.3) is 5.91 Å². The van der Waals surface area contributed by atoms with Crippen molar-refractivity contribution in [3.63, 3.8) is 0 Å². The summed E-state index contributed by atoms with van der Waals surface area (Å²) in [6.07, 6.45) is 1.52. The Morgan fingerprint density at radius 3 is 2.77 bits per heavy atom. The third-order valence-corrected chi connectivity index (χ3v) is 5.28. The molecule has 0 aromatic heterocycles. The molecule has 5 heteroatoms. The van der Waals surface area contributed by atoms with Crippen molar-refractivity contribution < 1.29 is 14.3 Å². The predicted octanol–water partition coefficient (Wildman–Crippen LogP) is 3.95. The third-order valence-electron chi connectivity index (χ3n) is 5.28. The number of hydrogen-bond acceptors (Lipinski definition) is 3. The minimum absolute atomic E-state index is 0.0588. The molecule has 26 heavy (non-hydrogen) atoms. The Morgan fingerprint density at radius 2 is 2.00 bits per heavy atom. The summed E-state index contributed by atoms with van der Waals surface area (Å²) in [5.41, 5.74) is 3.11. The molecule has 4 rings (SSSR count). The van der Waals surface area contributed by atoms with E-state index < -0.39 is 0 Å². The molecule has 0 radical (unpaired) electrons. The number of hydrogen-bond donors (Lipinski definition) is 1. The van der Waals surface area contributed by atoms with E-state index in [-0.39, 0.29) is 23.8 Å². The summed E-state index contributed by atoms with van der Waals surface area (Å²) in [5, 5.41) is 2.94. The number of carbonyl (C=O) groups is 2. The van der Waals surface area contributed by atoms with Gasteiger partial charge in [-0.25, -0.2) is 0 Å². The first-order chi connectivity index (χ1) is 12.5. The van der Waals surface area contributed by atoms with E-state index in [4.69, 9.17) is 4.74 Å². The van der Waals surface area contributed by atoms with Crippen LogP contribution in [-0.2, 0) is 4.79 Å². The van der Waals surface area contributed by atoms with Crippen molar-refractivity contribution >= 4 is 23.2 Å². The summed E-state index contributed by atoms with van der Waals surface area (Å²) in [5.74, 6) is 0.872. The number of anilines is 2. The zero-order valence-corrected chi connectivity index (χ0v) is 15.0. The number of benzene rings is 2. The summed E-state index contributed by atoms with van der Waals surface area (Å²) in [6.45, 7) is 4.85. The molecular formula is C21H22N2O3. The molecule has 2 aromatic carbocycles. The normalized spacial score (nSPS) is 21.5. The fraction of sp³-hybridized carbons (Fsp3) is 0.333. The van der Waals surface area contributed by atoms with E-state index in [9.17, 15) is 9.59 Å². The third kappa shape index (κ3) is 2.83.